The Labute approximate surface area is 272 Å². The van der Waals surface area contributed by atoms with Gasteiger partial charge in [-0.3, -0.25) is 9.58 Å². The summed E-state index contributed by atoms with van der Waals surface area (Å²) in [5, 5.41) is 20.7. The Morgan fingerprint density at radius 3 is 2.60 bits per heavy atom. The fourth-order valence-electron chi connectivity index (χ4n) is 6.37. The second-order valence-corrected chi connectivity index (χ2v) is 12.0. The van der Waals surface area contributed by atoms with Gasteiger partial charge in [-0.25, -0.2) is 19.7 Å². The van der Waals surface area contributed by atoms with Gasteiger partial charge in [-0.1, -0.05) is 30.3 Å². The highest BCUT2D eigenvalue weighted by Crippen LogP contribution is 2.30. The van der Waals surface area contributed by atoms with Crippen molar-refractivity contribution < 1.29 is 4.79 Å². The average Bonchev–Trinajstić information content (AvgIpc) is 3.77. The molecule has 13 nitrogen and oxygen atoms in total. The molecule has 0 radical (unpaired) electrons. The van der Waals surface area contributed by atoms with E-state index >= 15 is 0 Å². The van der Waals surface area contributed by atoms with E-state index in [1.165, 1.54) is 0 Å². The zero-order chi connectivity index (χ0) is 32.2. The summed E-state index contributed by atoms with van der Waals surface area (Å²) in [4.78, 5) is 35.9. The molecule has 2 amide bonds. The quantitative estimate of drug-likeness (QED) is 0.254. The topological polar surface area (TPSA) is 146 Å². The third-order valence-corrected chi connectivity index (χ3v) is 8.88. The van der Waals surface area contributed by atoms with Crippen LogP contribution in [-0.2, 0) is 26.7 Å². The van der Waals surface area contributed by atoms with Crippen LogP contribution >= 0.6 is 0 Å². The highest BCUT2D eigenvalue weighted by Gasteiger charge is 2.31. The minimum absolute atomic E-state index is 0.0313. The van der Waals surface area contributed by atoms with Crippen molar-refractivity contribution in [1.29, 1.82) is 5.26 Å². The molecule has 1 saturated carbocycles. The predicted octanol–water partition coefficient (Wildman–Crippen LogP) is 4.50. The van der Waals surface area contributed by atoms with Crippen LogP contribution in [0.5, 0.6) is 0 Å². The van der Waals surface area contributed by atoms with Crippen molar-refractivity contribution >= 4 is 23.6 Å². The lowest BCUT2D eigenvalue weighted by Crippen LogP contribution is -2.49. The number of benzene rings is 1. The number of aromatic nitrogens is 7. The largest absolute Gasteiger partial charge is 0.351 e. The summed E-state index contributed by atoms with van der Waals surface area (Å²) in [6, 6.07) is 16.0. The summed E-state index contributed by atoms with van der Waals surface area (Å²) in [5.41, 5.74) is 4.48. The maximum atomic E-state index is 13.7. The number of anilines is 3. The molecular formula is C34H36N12O. The molecule has 5 aromatic rings. The normalized spacial score (nSPS) is 17.4. The Balaban J connectivity index is 1.04. The first-order valence-electron chi connectivity index (χ1n) is 15.9. The Hall–Kier alpha value is -5.77. The smallest absolute Gasteiger partial charge is 0.323 e. The molecule has 1 aliphatic heterocycles. The summed E-state index contributed by atoms with van der Waals surface area (Å²) >= 11 is 0. The molecule has 0 spiro atoms. The van der Waals surface area contributed by atoms with E-state index in [0.717, 1.165) is 61.2 Å². The predicted molar refractivity (Wildman–Crippen MR) is 177 cm³/mol. The number of nitrogens with zero attached hydrogens (tertiary/aromatic N) is 10. The van der Waals surface area contributed by atoms with E-state index in [0.29, 0.717) is 36.2 Å². The van der Waals surface area contributed by atoms with Gasteiger partial charge in [-0.2, -0.15) is 15.3 Å². The molecule has 47 heavy (non-hydrogen) atoms. The number of nitrogens with one attached hydrogen (secondary N) is 2. The molecule has 0 atom stereocenters. The van der Waals surface area contributed by atoms with Crippen molar-refractivity contribution in [3.05, 3.63) is 96.6 Å². The van der Waals surface area contributed by atoms with Crippen LogP contribution in [0.1, 0.15) is 42.5 Å². The molecule has 2 N–H and O–H groups in total. The van der Waals surface area contributed by atoms with Crippen LogP contribution in [0.3, 0.4) is 0 Å². The monoisotopic (exact) mass is 628 g/mol. The van der Waals surface area contributed by atoms with Gasteiger partial charge in [0.05, 0.1) is 31.0 Å². The van der Waals surface area contributed by atoms with Crippen LogP contribution in [0.25, 0.3) is 11.1 Å². The number of amides is 2. The molecule has 1 aliphatic carbocycles. The molecule has 7 rings (SSSR count). The van der Waals surface area contributed by atoms with E-state index in [9.17, 15) is 10.1 Å². The molecule has 5 heterocycles. The molecule has 13 heteroatoms. The van der Waals surface area contributed by atoms with Gasteiger partial charge in [0.25, 0.3) is 0 Å². The SMILES string of the molecule is Cn1cc(-c2ccc(N(C(=O)NCc3ccccc3)C3CCC(Nc4ncc(C#N)c(N5CCn6cncc6C5)n4)CC3)nc2)cn1. The maximum absolute atomic E-state index is 13.7. The lowest BCUT2D eigenvalue weighted by Gasteiger charge is -2.36. The first-order chi connectivity index (χ1) is 23.0. The Kier molecular flexibility index (Phi) is 8.46. The summed E-state index contributed by atoms with van der Waals surface area (Å²) < 4.78 is 3.88. The third-order valence-electron chi connectivity index (χ3n) is 8.88. The summed E-state index contributed by atoms with van der Waals surface area (Å²) in [7, 11) is 1.88. The Morgan fingerprint density at radius 2 is 1.85 bits per heavy atom. The van der Waals surface area contributed by atoms with Crippen LogP contribution in [-0.4, -0.2) is 58.9 Å². The molecule has 0 bridgehead atoms. The number of fused-ring (bicyclic) bond motifs is 1. The number of pyridine rings is 1. The number of hydrogen-bond donors (Lipinski definition) is 2. The van der Waals surface area contributed by atoms with Crippen molar-refractivity contribution in [3.8, 4) is 17.2 Å². The molecular weight excluding hydrogens is 592 g/mol. The Bertz CT molecular complexity index is 1870. The zero-order valence-corrected chi connectivity index (χ0v) is 26.2. The number of aryl methyl sites for hydroxylation is 1. The van der Waals surface area contributed by atoms with E-state index in [1.807, 2.05) is 73.1 Å². The number of imidazole rings is 1. The average molecular weight is 629 g/mol. The highest BCUT2D eigenvalue weighted by atomic mass is 16.2. The highest BCUT2D eigenvalue weighted by molar-refractivity contribution is 5.91. The number of nitriles is 1. The number of urea groups is 1. The van der Waals surface area contributed by atoms with Crippen molar-refractivity contribution in [2.45, 2.75) is 57.4 Å². The van der Waals surface area contributed by atoms with Crippen LogP contribution in [0.2, 0.25) is 0 Å². The van der Waals surface area contributed by atoms with Crippen LogP contribution in [0, 0.1) is 11.3 Å². The van der Waals surface area contributed by atoms with Gasteiger partial charge in [0.15, 0.2) is 5.82 Å². The van der Waals surface area contributed by atoms with E-state index in [4.69, 9.17) is 9.97 Å². The van der Waals surface area contributed by atoms with Gasteiger partial charge in [-0.05, 0) is 43.4 Å². The van der Waals surface area contributed by atoms with Gasteiger partial charge in [0.2, 0.25) is 5.95 Å². The van der Waals surface area contributed by atoms with Crippen molar-refractivity contribution in [1.82, 2.24) is 39.6 Å². The van der Waals surface area contributed by atoms with Gasteiger partial charge in [-0.15, -0.1) is 0 Å². The van der Waals surface area contributed by atoms with Crippen LogP contribution < -0.4 is 20.4 Å². The fourth-order valence-corrected chi connectivity index (χ4v) is 6.37. The van der Waals surface area contributed by atoms with Gasteiger partial charge < -0.3 is 20.1 Å². The molecule has 0 unspecified atom stereocenters. The van der Waals surface area contributed by atoms with Crippen LogP contribution in [0.4, 0.5) is 22.4 Å². The van der Waals surface area contributed by atoms with Gasteiger partial charge in [0.1, 0.15) is 17.5 Å². The van der Waals surface area contributed by atoms with Gasteiger partial charge >= 0.3 is 6.03 Å². The maximum Gasteiger partial charge on any atom is 0.323 e. The zero-order valence-electron chi connectivity index (χ0n) is 26.2. The molecule has 238 valence electrons. The summed E-state index contributed by atoms with van der Waals surface area (Å²) in [6.45, 7) is 2.58. The molecule has 1 fully saturated rings. The van der Waals surface area contributed by atoms with E-state index in [1.54, 1.807) is 23.3 Å². The number of carbonyl (C=O) groups is 1. The number of hydrogen-bond acceptors (Lipinski definition) is 9. The minimum Gasteiger partial charge on any atom is -0.351 e. The van der Waals surface area contributed by atoms with E-state index in [2.05, 4.69) is 41.2 Å². The number of rotatable bonds is 8. The Morgan fingerprint density at radius 1 is 1.00 bits per heavy atom. The first kappa shape index (κ1) is 29.9. The summed E-state index contributed by atoms with van der Waals surface area (Å²) in [6.07, 6.45) is 14.0. The molecule has 4 aromatic heterocycles. The lowest BCUT2D eigenvalue weighted by molar-refractivity contribution is 0.240. The third kappa shape index (κ3) is 6.62. The van der Waals surface area contributed by atoms with E-state index in [-0.39, 0.29) is 18.1 Å². The van der Waals surface area contributed by atoms with Crippen molar-refractivity contribution in [2.24, 2.45) is 7.05 Å². The second-order valence-electron chi connectivity index (χ2n) is 12.0. The fraction of sp³-hybridized carbons (Fsp3) is 0.324. The lowest BCUT2D eigenvalue weighted by atomic mass is 9.90. The molecule has 2 aliphatic rings. The molecule has 0 saturated heterocycles. The van der Waals surface area contributed by atoms with Crippen molar-refractivity contribution in [2.75, 3.05) is 21.7 Å². The van der Waals surface area contributed by atoms with Crippen molar-refractivity contribution in [3.63, 3.8) is 0 Å². The first-order valence-corrected chi connectivity index (χ1v) is 15.9. The van der Waals surface area contributed by atoms with Crippen LogP contribution in [0.15, 0.2) is 79.8 Å². The minimum atomic E-state index is -0.171. The standard InChI is InChI=1S/C34H36N12O/c1-43-21-27(19-40-43)25-7-12-31(37-17-25)46(34(47)39-16-24-5-3-2-4-6-24)29-10-8-28(9-11-29)41-33-38-18-26(15-35)32(42-33)44-13-14-45-23-36-20-30(45)22-44/h2-7,12,17-21,23,28-29H,8-11,13-14,16,22H2,1H3,(H,39,47)(H,38,41,42). The number of carbonyl (C=O) groups excluding carboxylic acids is 1. The second kappa shape index (κ2) is 13.3. The van der Waals surface area contributed by atoms with Gasteiger partial charge in [0, 0.05) is 68.5 Å². The molecule has 1 aromatic carbocycles. The summed E-state index contributed by atoms with van der Waals surface area (Å²) in [5.74, 6) is 1.75. The van der Waals surface area contributed by atoms with E-state index < -0.39 is 0 Å².